The summed E-state index contributed by atoms with van der Waals surface area (Å²) >= 11 is 5.97. The summed E-state index contributed by atoms with van der Waals surface area (Å²) in [6.07, 6.45) is 0.538. The highest BCUT2D eigenvalue weighted by atomic mass is 35.5. The Kier molecular flexibility index (Phi) is 5.49. The van der Waals surface area contributed by atoms with E-state index in [-0.39, 0.29) is 36.3 Å². The number of hydrogen-bond donors (Lipinski definition) is 3. The average molecular weight is 331 g/mol. The van der Waals surface area contributed by atoms with Gasteiger partial charge >= 0.3 is 0 Å². The molecule has 1 aromatic rings. The first-order chi connectivity index (χ1) is 9.65. The molecule has 4 unspecified atom stereocenters. The topological polar surface area (TPSA) is 61.4 Å². The van der Waals surface area contributed by atoms with Gasteiger partial charge in [0.05, 0.1) is 6.10 Å². The summed E-state index contributed by atoms with van der Waals surface area (Å²) in [4.78, 5) is 12.1. The average Bonchev–Trinajstić information content (AvgIpc) is 3.13. The molecule has 116 valence electrons. The van der Waals surface area contributed by atoms with E-state index in [1.165, 1.54) is 0 Å². The van der Waals surface area contributed by atoms with Crippen LogP contribution in [0, 0.1) is 11.8 Å². The molecule has 1 aliphatic heterocycles. The first-order valence-corrected chi connectivity index (χ1v) is 7.45. The van der Waals surface area contributed by atoms with Gasteiger partial charge in [-0.1, -0.05) is 23.7 Å². The zero-order valence-corrected chi connectivity index (χ0v) is 13.2. The first kappa shape index (κ1) is 16.6. The molecule has 2 aliphatic rings. The van der Waals surface area contributed by atoms with E-state index in [0.29, 0.717) is 24.0 Å². The van der Waals surface area contributed by atoms with Crippen LogP contribution in [0.2, 0.25) is 5.02 Å². The van der Waals surface area contributed by atoms with E-state index in [1.54, 1.807) is 0 Å². The normalized spacial score (nSPS) is 30.6. The molecule has 2 fully saturated rings. The Labute approximate surface area is 135 Å². The van der Waals surface area contributed by atoms with Crippen molar-refractivity contribution in [1.82, 2.24) is 10.6 Å². The fraction of sp³-hybridized carbons (Fsp3) is 0.533. The number of halogens is 2. The maximum atomic E-state index is 12.1. The Morgan fingerprint density at radius 1 is 1.43 bits per heavy atom. The fourth-order valence-corrected chi connectivity index (χ4v) is 3.08. The monoisotopic (exact) mass is 330 g/mol. The molecule has 1 aromatic carbocycles. The van der Waals surface area contributed by atoms with Crippen LogP contribution in [0.3, 0.4) is 0 Å². The summed E-state index contributed by atoms with van der Waals surface area (Å²) in [5.41, 5.74) is 1.14. The predicted molar refractivity (Wildman–Crippen MR) is 84.9 cm³/mol. The van der Waals surface area contributed by atoms with Crippen LogP contribution < -0.4 is 10.6 Å². The molecule has 21 heavy (non-hydrogen) atoms. The van der Waals surface area contributed by atoms with Crippen molar-refractivity contribution in [1.29, 1.82) is 0 Å². The van der Waals surface area contributed by atoms with Crippen LogP contribution in [-0.4, -0.2) is 36.8 Å². The predicted octanol–water partition coefficient (Wildman–Crippen LogP) is 1.56. The number of aliphatic hydroxyl groups excluding tert-OH is 1. The molecule has 6 heteroatoms. The standard InChI is InChI=1S/C15H19ClN2O2.ClH/c16-11-3-1-2-9(4-11)12-5-13(12)15(20)18-7-10-6-17-8-14(10)19;/h1-4,10,12-14,17,19H,5-8H2,(H,18,20);1H. The summed E-state index contributed by atoms with van der Waals surface area (Å²) in [5, 5.41) is 16.5. The van der Waals surface area contributed by atoms with Crippen LogP contribution in [0.1, 0.15) is 17.9 Å². The second-order valence-electron chi connectivity index (χ2n) is 5.73. The van der Waals surface area contributed by atoms with E-state index in [4.69, 9.17) is 11.6 Å². The van der Waals surface area contributed by atoms with Gasteiger partial charge < -0.3 is 15.7 Å². The van der Waals surface area contributed by atoms with Crippen LogP contribution in [0.4, 0.5) is 0 Å². The second kappa shape index (κ2) is 6.97. The van der Waals surface area contributed by atoms with Gasteiger partial charge in [0.15, 0.2) is 0 Å². The summed E-state index contributed by atoms with van der Waals surface area (Å²) in [5.74, 6) is 0.566. The van der Waals surface area contributed by atoms with Gasteiger partial charge in [0.1, 0.15) is 0 Å². The van der Waals surface area contributed by atoms with Crippen molar-refractivity contribution >= 4 is 29.9 Å². The lowest BCUT2D eigenvalue weighted by molar-refractivity contribution is -0.122. The quantitative estimate of drug-likeness (QED) is 0.785. The lowest BCUT2D eigenvalue weighted by Crippen LogP contribution is -2.35. The SMILES string of the molecule is Cl.O=C(NCC1CNCC1O)C1CC1c1cccc(Cl)c1. The van der Waals surface area contributed by atoms with Gasteiger partial charge in [-0.25, -0.2) is 0 Å². The highest BCUT2D eigenvalue weighted by molar-refractivity contribution is 6.30. The van der Waals surface area contributed by atoms with Crippen LogP contribution in [-0.2, 0) is 4.79 Å². The van der Waals surface area contributed by atoms with Crippen molar-refractivity contribution in [3.8, 4) is 0 Å². The van der Waals surface area contributed by atoms with Gasteiger partial charge in [-0.3, -0.25) is 4.79 Å². The molecule has 1 heterocycles. The minimum absolute atomic E-state index is 0. The number of amides is 1. The van der Waals surface area contributed by atoms with Crippen molar-refractivity contribution < 1.29 is 9.90 Å². The first-order valence-electron chi connectivity index (χ1n) is 7.07. The van der Waals surface area contributed by atoms with Crippen LogP contribution in [0.5, 0.6) is 0 Å². The highest BCUT2D eigenvalue weighted by Crippen LogP contribution is 2.47. The summed E-state index contributed by atoms with van der Waals surface area (Å²) in [7, 11) is 0. The van der Waals surface area contributed by atoms with Gasteiger partial charge in [-0.05, 0) is 30.0 Å². The van der Waals surface area contributed by atoms with Crippen LogP contribution >= 0.6 is 24.0 Å². The molecule has 0 spiro atoms. The Balaban J connectivity index is 0.00000161. The van der Waals surface area contributed by atoms with Gasteiger partial charge in [0, 0.05) is 36.5 Å². The number of rotatable bonds is 4. The molecule has 3 rings (SSSR count). The molecule has 3 N–H and O–H groups in total. The number of carbonyl (C=O) groups excluding carboxylic acids is 1. The minimum Gasteiger partial charge on any atom is -0.391 e. The second-order valence-corrected chi connectivity index (χ2v) is 6.17. The number of hydrogen-bond acceptors (Lipinski definition) is 3. The Morgan fingerprint density at radius 2 is 2.24 bits per heavy atom. The Morgan fingerprint density at radius 3 is 2.90 bits per heavy atom. The minimum atomic E-state index is -0.349. The highest BCUT2D eigenvalue weighted by Gasteiger charge is 2.44. The van der Waals surface area contributed by atoms with Gasteiger partial charge in [0.25, 0.3) is 0 Å². The van der Waals surface area contributed by atoms with Gasteiger partial charge in [-0.15, -0.1) is 12.4 Å². The molecule has 1 amide bonds. The van der Waals surface area contributed by atoms with E-state index in [2.05, 4.69) is 10.6 Å². The molecule has 1 saturated carbocycles. The number of aliphatic hydroxyl groups is 1. The smallest absolute Gasteiger partial charge is 0.223 e. The van der Waals surface area contributed by atoms with Crippen molar-refractivity contribution in [3.05, 3.63) is 34.9 Å². The fourth-order valence-electron chi connectivity index (χ4n) is 2.88. The Hall–Kier alpha value is -0.810. The number of benzene rings is 1. The van der Waals surface area contributed by atoms with E-state index in [1.807, 2.05) is 24.3 Å². The summed E-state index contributed by atoms with van der Waals surface area (Å²) in [6, 6.07) is 7.72. The van der Waals surface area contributed by atoms with Crippen molar-refractivity contribution in [2.24, 2.45) is 11.8 Å². The third-order valence-corrected chi connectivity index (χ3v) is 4.48. The molecular formula is C15H20Cl2N2O2. The van der Waals surface area contributed by atoms with Crippen LogP contribution in [0.15, 0.2) is 24.3 Å². The molecule has 0 bridgehead atoms. The lowest BCUT2D eigenvalue weighted by Gasteiger charge is -2.14. The molecule has 0 aromatic heterocycles. The molecule has 4 atom stereocenters. The lowest BCUT2D eigenvalue weighted by atomic mass is 10.1. The van der Waals surface area contributed by atoms with Crippen molar-refractivity contribution in [2.45, 2.75) is 18.4 Å². The third kappa shape index (κ3) is 3.89. The zero-order valence-electron chi connectivity index (χ0n) is 11.6. The van der Waals surface area contributed by atoms with Gasteiger partial charge in [-0.2, -0.15) is 0 Å². The van der Waals surface area contributed by atoms with Crippen molar-refractivity contribution in [2.75, 3.05) is 19.6 Å². The van der Waals surface area contributed by atoms with E-state index >= 15 is 0 Å². The largest absolute Gasteiger partial charge is 0.391 e. The molecule has 1 aliphatic carbocycles. The van der Waals surface area contributed by atoms with E-state index < -0.39 is 0 Å². The summed E-state index contributed by atoms with van der Waals surface area (Å²) < 4.78 is 0. The van der Waals surface area contributed by atoms with Crippen molar-refractivity contribution in [3.63, 3.8) is 0 Å². The third-order valence-electron chi connectivity index (χ3n) is 4.25. The maximum Gasteiger partial charge on any atom is 0.223 e. The number of nitrogens with one attached hydrogen (secondary N) is 2. The molecule has 0 radical (unpaired) electrons. The Bertz CT molecular complexity index is 512. The molecular weight excluding hydrogens is 311 g/mol. The summed E-state index contributed by atoms with van der Waals surface area (Å²) in [6.45, 7) is 1.94. The van der Waals surface area contributed by atoms with E-state index in [9.17, 15) is 9.90 Å². The number of β-amino-alcohol motifs (C(OH)–C–C–N with tert-alkyl or cyclic N) is 1. The number of carbonyl (C=O) groups is 1. The zero-order chi connectivity index (χ0) is 14.1. The molecule has 1 saturated heterocycles. The van der Waals surface area contributed by atoms with Crippen LogP contribution in [0.25, 0.3) is 0 Å². The van der Waals surface area contributed by atoms with Gasteiger partial charge in [0.2, 0.25) is 5.91 Å². The molecule has 4 nitrogen and oxygen atoms in total. The van der Waals surface area contributed by atoms with E-state index in [0.717, 1.165) is 18.5 Å². The maximum absolute atomic E-state index is 12.1.